The van der Waals surface area contributed by atoms with Crippen LogP contribution in [0.4, 0.5) is 5.69 Å². The van der Waals surface area contributed by atoms with E-state index in [1.165, 1.54) is 4.68 Å². The highest BCUT2D eigenvalue weighted by molar-refractivity contribution is 6.33. The summed E-state index contributed by atoms with van der Waals surface area (Å²) in [5.74, 6) is -0.239. The SMILES string of the molecule is Cc1nn(C)c(Cl)c1C(=O)NCC(c1ccc(N(C)C)cc1)c1c[nH]c2ccccc12. The molecular formula is C24H26ClN5O. The zero-order valence-electron chi connectivity index (χ0n) is 18.1. The minimum Gasteiger partial charge on any atom is -0.378 e. The van der Waals surface area contributed by atoms with E-state index in [1.807, 2.05) is 32.4 Å². The van der Waals surface area contributed by atoms with Crippen LogP contribution in [0.2, 0.25) is 5.15 Å². The highest BCUT2D eigenvalue weighted by Gasteiger charge is 2.23. The first-order valence-electron chi connectivity index (χ1n) is 10.2. The molecule has 7 heteroatoms. The van der Waals surface area contributed by atoms with Gasteiger partial charge in [0.25, 0.3) is 5.91 Å². The topological polar surface area (TPSA) is 66.0 Å². The number of aryl methyl sites for hydroxylation is 2. The second-order valence-corrected chi connectivity index (χ2v) is 8.27. The molecule has 2 heterocycles. The minimum atomic E-state index is -0.217. The summed E-state index contributed by atoms with van der Waals surface area (Å²) in [5.41, 5.74) is 5.51. The maximum atomic E-state index is 12.9. The number of aromatic amines is 1. The molecule has 4 aromatic rings. The Hall–Kier alpha value is -3.25. The van der Waals surface area contributed by atoms with Gasteiger partial charge in [0.05, 0.1) is 11.3 Å². The van der Waals surface area contributed by atoms with Gasteiger partial charge in [0.15, 0.2) is 0 Å². The number of fused-ring (bicyclic) bond motifs is 1. The number of para-hydroxylation sites is 1. The third kappa shape index (κ3) is 4.03. The van der Waals surface area contributed by atoms with Gasteiger partial charge in [-0.1, -0.05) is 41.9 Å². The number of H-pyrrole nitrogens is 1. The Morgan fingerprint density at radius 2 is 1.90 bits per heavy atom. The number of carbonyl (C=O) groups excluding carboxylic acids is 1. The lowest BCUT2D eigenvalue weighted by atomic mass is 9.90. The van der Waals surface area contributed by atoms with Crippen LogP contribution < -0.4 is 10.2 Å². The number of benzene rings is 2. The molecule has 2 aromatic heterocycles. The Labute approximate surface area is 186 Å². The van der Waals surface area contributed by atoms with E-state index in [9.17, 15) is 4.79 Å². The second kappa shape index (κ2) is 8.47. The Bertz CT molecular complexity index is 1220. The molecule has 0 saturated heterocycles. The van der Waals surface area contributed by atoms with E-state index < -0.39 is 0 Å². The van der Waals surface area contributed by atoms with Crippen LogP contribution >= 0.6 is 11.6 Å². The van der Waals surface area contributed by atoms with Gasteiger partial charge in [-0.2, -0.15) is 5.10 Å². The van der Waals surface area contributed by atoms with E-state index in [2.05, 4.69) is 56.7 Å². The number of hydrogen-bond donors (Lipinski definition) is 2. The van der Waals surface area contributed by atoms with Gasteiger partial charge in [0, 0.05) is 56.4 Å². The number of aromatic nitrogens is 3. The maximum absolute atomic E-state index is 12.9. The van der Waals surface area contributed by atoms with E-state index in [0.29, 0.717) is 23.0 Å². The predicted octanol–water partition coefficient (Wildman–Crippen LogP) is 4.49. The van der Waals surface area contributed by atoms with Gasteiger partial charge in [0.1, 0.15) is 5.15 Å². The Morgan fingerprint density at radius 1 is 1.19 bits per heavy atom. The molecule has 0 spiro atoms. The number of hydrogen-bond acceptors (Lipinski definition) is 3. The smallest absolute Gasteiger partial charge is 0.256 e. The van der Waals surface area contributed by atoms with Crippen molar-refractivity contribution in [3.05, 3.63) is 82.3 Å². The van der Waals surface area contributed by atoms with Crippen molar-refractivity contribution in [1.82, 2.24) is 20.1 Å². The normalized spacial score (nSPS) is 12.2. The van der Waals surface area contributed by atoms with Crippen molar-refractivity contribution >= 4 is 34.1 Å². The van der Waals surface area contributed by atoms with Crippen LogP contribution in [0.3, 0.4) is 0 Å². The van der Waals surface area contributed by atoms with Crippen LogP contribution in [0.1, 0.15) is 33.1 Å². The molecule has 6 nitrogen and oxygen atoms in total. The summed E-state index contributed by atoms with van der Waals surface area (Å²) in [4.78, 5) is 18.4. The fourth-order valence-electron chi connectivity index (χ4n) is 3.97. The molecule has 0 saturated carbocycles. The number of nitrogens with zero attached hydrogens (tertiary/aromatic N) is 3. The summed E-state index contributed by atoms with van der Waals surface area (Å²) in [6.07, 6.45) is 2.03. The Morgan fingerprint density at radius 3 is 2.55 bits per heavy atom. The molecule has 31 heavy (non-hydrogen) atoms. The Balaban J connectivity index is 1.68. The summed E-state index contributed by atoms with van der Waals surface area (Å²) in [7, 11) is 5.77. The van der Waals surface area contributed by atoms with Gasteiger partial charge >= 0.3 is 0 Å². The van der Waals surface area contributed by atoms with Gasteiger partial charge in [-0.15, -0.1) is 0 Å². The van der Waals surface area contributed by atoms with Gasteiger partial charge in [0.2, 0.25) is 0 Å². The minimum absolute atomic E-state index is 0.0212. The third-order valence-corrected chi connectivity index (χ3v) is 6.09. The number of rotatable bonds is 6. The van der Waals surface area contributed by atoms with Crippen molar-refractivity contribution in [3.8, 4) is 0 Å². The third-order valence-electron chi connectivity index (χ3n) is 5.65. The Kier molecular flexibility index (Phi) is 5.74. The first kappa shape index (κ1) is 21.0. The van der Waals surface area contributed by atoms with Crippen LogP contribution in [0.25, 0.3) is 10.9 Å². The summed E-state index contributed by atoms with van der Waals surface area (Å²) >= 11 is 6.30. The number of halogens is 1. The van der Waals surface area contributed by atoms with Crippen molar-refractivity contribution in [2.45, 2.75) is 12.8 Å². The first-order chi connectivity index (χ1) is 14.9. The number of amides is 1. The lowest BCUT2D eigenvalue weighted by molar-refractivity contribution is 0.0952. The molecule has 2 aromatic carbocycles. The van der Waals surface area contributed by atoms with Crippen LogP contribution in [-0.2, 0) is 7.05 Å². The van der Waals surface area contributed by atoms with Gasteiger partial charge in [-0.25, -0.2) is 0 Å². The monoisotopic (exact) mass is 435 g/mol. The summed E-state index contributed by atoms with van der Waals surface area (Å²) < 4.78 is 1.52. The fraction of sp³-hybridized carbons (Fsp3) is 0.250. The van der Waals surface area contributed by atoms with Crippen molar-refractivity contribution in [1.29, 1.82) is 0 Å². The highest BCUT2D eigenvalue weighted by atomic mass is 35.5. The maximum Gasteiger partial charge on any atom is 0.256 e. The zero-order chi connectivity index (χ0) is 22.1. The van der Waals surface area contributed by atoms with Crippen molar-refractivity contribution in [3.63, 3.8) is 0 Å². The zero-order valence-corrected chi connectivity index (χ0v) is 18.9. The van der Waals surface area contributed by atoms with E-state index in [1.54, 1.807) is 14.0 Å². The molecule has 1 unspecified atom stereocenters. The molecule has 0 aliphatic heterocycles. The molecule has 1 atom stereocenters. The number of anilines is 1. The summed E-state index contributed by atoms with van der Waals surface area (Å²) in [6.45, 7) is 2.23. The van der Waals surface area contributed by atoms with Gasteiger partial charge in [-0.05, 0) is 36.2 Å². The predicted molar refractivity (Wildman–Crippen MR) is 126 cm³/mol. The molecule has 0 fully saturated rings. The fourth-order valence-corrected chi connectivity index (χ4v) is 4.23. The highest BCUT2D eigenvalue weighted by Crippen LogP contribution is 2.31. The molecule has 0 aliphatic carbocycles. The van der Waals surface area contributed by atoms with Crippen molar-refractivity contribution < 1.29 is 4.79 Å². The standard InChI is InChI=1S/C24H26ClN5O/c1-15-22(23(25)30(4)28-15)24(31)27-13-19(16-9-11-17(12-10-16)29(2)3)20-14-26-21-8-6-5-7-18(20)21/h5-12,14,19,26H,13H2,1-4H3,(H,27,31). The van der Waals surface area contributed by atoms with Crippen LogP contribution in [0, 0.1) is 6.92 Å². The quantitative estimate of drug-likeness (QED) is 0.469. The lowest BCUT2D eigenvalue weighted by Gasteiger charge is -2.20. The van der Waals surface area contributed by atoms with E-state index >= 15 is 0 Å². The molecule has 160 valence electrons. The number of nitrogens with one attached hydrogen (secondary N) is 2. The average Bonchev–Trinajstić information content (AvgIpc) is 3.29. The van der Waals surface area contributed by atoms with Gasteiger partial charge < -0.3 is 15.2 Å². The average molecular weight is 436 g/mol. The van der Waals surface area contributed by atoms with Crippen molar-refractivity contribution in [2.24, 2.45) is 7.05 Å². The molecule has 0 aliphatic rings. The van der Waals surface area contributed by atoms with E-state index in [0.717, 1.165) is 27.7 Å². The summed E-state index contributed by atoms with van der Waals surface area (Å²) in [5, 5.41) is 8.82. The molecule has 0 radical (unpaired) electrons. The van der Waals surface area contributed by atoms with Crippen LogP contribution in [0.5, 0.6) is 0 Å². The molecule has 0 bridgehead atoms. The summed E-state index contributed by atoms with van der Waals surface area (Å²) in [6, 6.07) is 16.6. The van der Waals surface area contributed by atoms with Crippen LogP contribution in [0.15, 0.2) is 54.7 Å². The van der Waals surface area contributed by atoms with Crippen LogP contribution in [-0.4, -0.2) is 41.3 Å². The largest absolute Gasteiger partial charge is 0.378 e. The molecular weight excluding hydrogens is 410 g/mol. The molecule has 1 amide bonds. The van der Waals surface area contributed by atoms with E-state index in [4.69, 9.17) is 11.6 Å². The molecule has 4 rings (SSSR count). The van der Waals surface area contributed by atoms with Gasteiger partial charge in [-0.3, -0.25) is 9.48 Å². The number of carbonyl (C=O) groups is 1. The second-order valence-electron chi connectivity index (χ2n) is 7.91. The first-order valence-corrected chi connectivity index (χ1v) is 10.5. The van der Waals surface area contributed by atoms with Crippen molar-refractivity contribution in [2.75, 3.05) is 25.5 Å². The molecule has 2 N–H and O–H groups in total. The lowest BCUT2D eigenvalue weighted by Crippen LogP contribution is -2.29. The van der Waals surface area contributed by atoms with E-state index in [-0.39, 0.29) is 11.8 Å².